The number of rotatable bonds is 16. The number of hydrogen-bond donors (Lipinski definition) is 7. The van der Waals surface area contributed by atoms with E-state index in [1.54, 1.807) is 24.1 Å². The average Bonchev–Trinajstić information content (AvgIpc) is 3.57. The van der Waals surface area contributed by atoms with Crippen molar-refractivity contribution < 1.29 is 75.1 Å². The Kier molecular flexibility index (Phi) is 18.2. The predicted molar refractivity (Wildman–Crippen MR) is 292 cm³/mol. The number of alkyl halides is 4. The van der Waals surface area contributed by atoms with E-state index in [4.69, 9.17) is 5.73 Å². The molecule has 3 aromatic rings. The van der Waals surface area contributed by atoms with Gasteiger partial charge in [-0.15, -0.1) is 11.3 Å². The number of nitrogens with one attached hydrogen (secondary N) is 4. The number of thiophene rings is 1. The molecular weight excluding hydrogens is 1130 g/mol. The molecule has 6 aliphatic rings. The van der Waals surface area contributed by atoms with Crippen molar-refractivity contribution >= 4 is 82.2 Å². The molecule has 5 fully saturated rings. The van der Waals surface area contributed by atoms with Crippen molar-refractivity contribution in [2.75, 3.05) is 33.2 Å². The van der Waals surface area contributed by atoms with Crippen molar-refractivity contribution in [3.8, 4) is 11.8 Å². The molecule has 4 saturated heterocycles. The van der Waals surface area contributed by atoms with Gasteiger partial charge in [0.2, 0.25) is 47.3 Å². The number of piperidine rings is 2. The van der Waals surface area contributed by atoms with Crippen molar-refractivity contribution in [2.24, 2.45) is 17.6 Å². The maximum atomic E-state index is 14.6. The van der Waals surface area contributed by atoms with Crippen molar-refractivity contribution in [3.05, 3.63) is 69.6 Å². The Morgan fingerprint density at radius 3 is 2.37 bits per heavy atom. The number of halogens is 4. The molecule has 1 aliphatic carbocycles. The Bertz CT molecular complexity index is 3200. The van der Waals surface area contributed by atoms with Gasteiger partial charge >= 0.3 is 13.3 Å². The molecule has 21 nitrogen and oxygen atoms in total. The zero-order valence-electron chi connectivity index (χ0n) is 45.5. The third kappa shape index (κ3) is 13.6. The van der Waals surface area contributed by atoms with Crippen LogP contribution in [0.2, 0.25) is 0 Å². The molecule has 9 amide bonds. The Morgan fingerprint density at radius 2 is 1.67 bits per heavy atom. The van der Waals surface area contributed by atoms with Gasteiger partial charge in [0.1, 0.15) is 30.2 Å². The number of hydrogen-bond acceptors (Lipinski definition) is 12. The monoisotopic (exact) mass is 1200 g/mol. The van der Waals surface area contributed by atoms with Gasteiger partial charge in [0.15, 0.2) is 0 Å². The van der Waals surface area contributed by atoms with Crippen molar-refractivity contribution in [2.45, 2.75) is 151 Å². The molecule has 0 spiro atoms. The lowest BCUT2D eigenvalue weighted by Gasteiger charge is -2.39. The average molecular weight is 1200 g/mol. The molecule has 2 aromatic carbocycles. The third-order valence-corrected chi connectivity index (χ3v) is 19.1. The van der Waals surface area contributed by atoms with Crippen LogP contribution in [-0.2, 0) is 50.3 Å². The second-order valence-electron chi connectivity index (χ2n) is 22.6. The SMILES string of the molecule is CN1CC[C@H]2CC[C@@H](C(=O)N[C@@H](CCC(N)=O)C(=O)N[C@H](C(=O)N3CCC(CCC#Cc4cccc5c4CN(C4CCC(=O)NC4=O)C5=O)CC3)C3CCC(F)(F)CC3)N2C(=O)[C@@H](NC(=O)c2cc3cc(C(F)(F)P(=O)(O)O)ccc3s2)C1. The fourth-order valence-corrected chi connectivity index (χ4v) is 13.7. The van der Waals surface area contributed by atoms with Crippen LogP contribution >= 0.6 is 18.9 Å². The lowest BCUT2D eigenvalue weighted by molar-refractivity contribution is -0.144. The van der Waals surface area contributed by atoms with Crippen LogP contribution in [0.25, 0.3) is 10.1 Å². The van der Waals surface area contributed by atoms with Gasteiger partial charge in [0.05, 0.1) is 4.88 Å². The number of primary amides is 1. The highest BCUT2D eigenvalue weighted by Gasteiger charge is 2.51. The smallest absolute Gasteiger partial charge is 0.370 e. The molecule has 0 bridgehead atoms. The number of nitrogens with zero attached hydrogens (tertiary/aromatic N) is 4. The Morgan fingerprint density at radius 1 is 0.940 bits per heavy atom. The molecule has 8 N–H and O–H groups in total. The van der Waals surface area contributed by atoms with Crippen molar-refractivity contribution in [1.29, 1.82) is 0 Å². The van der Waals surface area contributed by atoms with E-state index < -0.39 is 121 Å². The lowest BCUT2D eigenvalue weighted by Crippen LogP contribution is -2.62. The highest BCUT2D eigenvalue weighted by atomic mass is 32.1. The van der Waals surface area contributed by atoms with Gasteiger partial charge < -0.3 is 51.1 Å². The van der Waals surface area contributed by atoms with Gasteiger partial charge in [-0.3, -0.25) is 53.0 Å². The fraction of sp³-hybridized carbons (Fsp3) is 0.554. The summed E-state index contributed by atoms with van der Waals surface area (Å²) in [6.07, 6.45) is 1.83. The normalized spacial score (nSPS) is 23.5. The summed E-state index contributed by atoms with van der Waals surface area (Å²) < 4.78 is 70.2. The van der Waals surface area contributed by atoms with E-state index in [1.165, 1.54) is 21.9 Å². The topological polar surface area (TPSA) is 298 Å². The largest absolute Gasteiger partial charge is 0.399 e. The first kappa shape index (κ1) is 60.8. The van der Waals surface area contributed by atoms with Gasteiger partial charge in [0.25, 0.3) is 11.8 Å². The van der Waals surface area contributed by atoms with Crippen molar-refractivity contribution in [3.63, 3.8) is 0 Å². The molecule has 1 unspecified atom stereocenters. The quantitative estimate of drug-likeness (QED) is 0.0465. The fourth-order valence-electron chi connectivity index (χ4n) is 12.3. The molecule has 1 saturated carbocycles. The van der Waals surface area contributed by atoms with Crippen LogP contribution in [-0.4, -0.2) is 158 Å². The van der Waals surface area contributed by atoms with Crippen LogP contribution in [0.4, 0.5) is 17.6 Å². The molecule has 1 aromatic heterocycles. The van der Waals surface area contributed by atoms with E-state index in [-0.39, 0.29) is 86.0 Å². The van der Waals surface area contributed by atoms with Crippen LogP contribution in [0.15, 0.2) is 42.5 Å². The summed E-state index contributed by atoms with van der Waals surface area (Å²) in [5, 5.41) is 10.6. The van der Waals surface area contributed by atoms with Gasteiger partial charge in [-0.2, -0.15) is 8.78 Å². The molecule has 27 heteroatoms. The first-order valence-electron chi connectivity index (χ1n) is 27.9. The summed E-state index contributed by atoms with van der Waals surface area (Å²) in [6.45, 7) is 1.24. The number of carbonyl (C=O) groups is 9. The Labute approximate surface area is 479 Å². The van der Waals surface area contributed by atoms with E-state index >= 15 is 0 Å². The van der Waals surface area contributed by atoms with E-state index in [0.29, 0.717) is 79.5 Å². The molecule has 9 rings (SSSR count). The van der Waals surface area contributed by atoms with Gasteiger partial charge in [0, 0.05) is 85.7 Å². The standard InChI is InChI=1S/C56H66F4N9O12PS/c1-66-24-21-36-10-12-42(69(36)53(77)40(30-66)63-51(75)44-28-34-27-35(9-14-43(34)83-44)56(59,60)82(79,80)81)50(74)62-39(11-15-45(61)70)48(72)65-47(33-17-22-55(57,58)23-18-33)54(78)67-25-19-31(20-26-67)5-2-3-6-32-7-4-8-37-38(32)29-68(52(37)76)41-13-16-46(71)64-49(41)73/h4,7-9,14,27-28,31,33,36,39-42,47H,2,5,10-13,15-26,29-30H2,1H3,(H2,61,70)(H,62,74)(H,63,75)(H,65,72)(H,64,71,73)(H2,79,80,81)/t36-,39+,40+,41?,42+,47+/m1/s1. The first-order chi connectivity index (χ1) is 39.3. The number of carbonyl (C=O) groups excluding carboxylic acids is 9. The zero-order valence-corrected chi connectivity index (χ0v) is 47.2. The highest BCUT2D eigenvalue weighted by molar-refractivity contribution is 7.52. The number of imide groups is 1. The van der Waals surface area contributed by atoms with Crippen LogP contribution in [0.1, 0.15) is 133 Å². The molecule has 6 atom stereocenters. The Balaban J connectivity index is 0.840. The summed E-state index contributed by atoms with van der Waals surface area (Å²) in [7, 11) is -4.14. The predicted octanol–water partition coefficient (Wildman–Crippen LogP) is 3.81. The number of likely N-dealkylation sites (N-methyl/N-ethyl adjacent to an activating group) is 1. The second kappa shape index (κ2) is 24.8. The molecule has 446 valence electrons. The van der Waals surface area contributed by atoms with Crippen LogP contribution in [0.3, 0.4) is 0 Å². The summed E-state index contributed by atoms with van der Waals surface area (Å²) in [6, 6.07) is 3.05. The van der Waals surface area contributed by atoms with Gasteiger partial charge in [-0.25, -0.2) is 8.78 Å². The summed E-state index contributed by atoms with van der Waals surface area (Å²) in [5.74, 6) is -2.55. The minimum Gasteiger partial charge on any atom is -0.370 e. The molecular formula is C56H66F4N9O12PS. The molecule has 6 heterocycles. The number of likely N-dealkylation sites (tertiary alicyclic amines) is 1. The Hall–Kier alpha value is -6.78. The number of amides is 9. The van der Waals surface area contributed by atoms with Crippen LogP contribution in [0.5, 0.6) is 0 Å². The van der Waals surface area contributed by atoms with Crippen molar-refractivity contribution in [1.82, 2.24) is 40.9 Å². The van der Waals surface area contributed by atoms with E-state index in [2.05, 4.69) is 33.1 Å². The lowest BCUT2D eigenvalue weighted by atomic mass is 9.81. The molecule has 5 aliphatic heterocycles. The number of nitrogens with two attached hydrogens (primary N) is 1. The van der Waals surface area contributed by atoms with E-state index in [0.717, 1.165) is 23.5 Å². The minimum absolute atomic E-state index is 0.00246. The summed E-state index contributed by atoms with van der Waals surface area (Å²) in [4.78, 5) is 146. The first-order valence-corrected chi connectivity index (χ1v) is 30.3. The zero-order chi connectivity index (χ0) is 59.7. The van der Waals surface area contributed by atoms with E-state index in [1.807, 2.05) is 11.0 Å². The van der Waals surface area contributed by atoms with E-state index in [9.17, 15) is 75.1 Å². The molecule has 0 radical (unpaired) electrons. The molecule has 83 heavy (non-hydrogen) atoms. The maximum absolute atomic E-state index is 14.6. The van der Waals surface area contributed by atoms with Gasteiger partial charge in [-0.1, -0.05) is 24.0 Å². The van der Waals surface area contributed by atoms with Crippen LogP contribution < -0.4 is 27.0 Å². The number of benzene rings is 2. The van der Waals surface area contributed by atoms with Gasteiger partial charge in [-0.05, 0) is 131 Å². The highest BCUT2D eigenvalue weighted by Crippen LogP contribution is 2.59. The minimum atomic E-state index is -5.88. The number of fused-ring (bicyclic) bond motifs is 3. The summed E-state index contributed by atoms with van der Waals surface area (Å²) >= 11 is 0.898. The maximum Gasteiger partial charge on any atom is 0.399 e. The second-order valence-corrected chi connectivity index (χ2v) is 25.3. The third-order valence-electron chi connectivity index (χ3n) is 17.0. The van der Waals surface area contributed by atoms with Crippen LogP contribution in [0, 0.1) is 23.7 Å². The summed E-state index contributed by atoms with van der Waals surface area (Å²) in [5.41, 5.74) is 1.91.